The number of hydrogen-bond donors (Lipinski definition) is 1. The molecule has 1 aromatic rings. The molecule has 3 aliphatic heterocycles. The number of esters is 1. The number of carbonyl (C=O) groups is 3. The number of ether oxygens (including phenoxy) is 3. The lowest BCUT2D eigenvalue weighted by molar-refractivity contribution is -0.156. The Morgan fingerprint density at radius 2 is 2.00 bits per heavy atom. The molecule has 10 heteroatoms. The Balaban J connectivity index is 1.82. The maximum absolute atomic E-state index is 14.6. The van der Waals surface area contributed by atoms with E-state index in [1.54, 1.807) is 48.4 Å². The number of hydrogen-bond acceptors (Lipinski definition) is 7. The van der Waals surface area contributed by atoms with E-state index < -0.39 is 41.6 Å². The summed E-state index contributed by atoms with van der Waals surface area (Å²) in [5, 5.41) is 10.5. The molecule has 0 aliphatic carbocycles. The van der Waals surface area contributed by atoms with Gasteiger partial charge in [0.1, 0.15) is 17.4 Å². The average molecular weight is 620 g/mol. The third-order valence-electron chi connectivity index (χ3n) is 8.61. The molecule has 9 nitrogen and oxygen atoms in total. The van der Waals surface area contributed by atoms with Gasteiger partial charge in [-0.25, -0.2) is 0 Å². The van der Waals surface area contributed by atoms with Crippen molar-refractivity contribution < 1.29 is 33.7 Å². The number of nitrogens with zero attached hydrogens (tertiary/aromatic N) is 2. The van der Waals surface area contributed by atoms with Crippen LogP contribution in [-0.2, 0) is 23.9 Å². The van der Waals surface area contributed by atoms with Gasteiger partial charge in [0.2, 0.25) is 5.91 Å². The fraction of sp³-hybridized carbons (Fsp3) is 0.567. The molecule has 2 amide bonds. The fourth-order valence-corrected chi connectivity index (χ4v) is 7.43. The summed E-state index contributed by atoms with van der Waals surface area (Å²) in [7, 11) is 1.57. The molecule has 218 valence electrons. The zero-order valence-electron chi connectivity index (χ0n) is 23.3. The number of fused-ring (bicyclic) bond motifs is 1. The molecular weight excluding hydrogens is 580 g/mol. The number of aliphatic hydroxyl groups is 1. The first-order valence-corrected chi connectivity index (χ1v) is 14.7. The van der Waals surface area contributed by atoms with Crippen LogP contribution in [0, 0.1) is 17.8 Å². The number of aliphatic hydroxyl groups excluding tert-OH is 1. The summed E-state index contributed by atoms with van der Waals surface area (Å²) in [6.07, 6.45) is 4.18. The third kappa shape index (κ3) is 4.99. The number of rotatable bonds is 13. The lowest BCUT2D eigenvalue weighted by Crippen LogP contribution is -2.60. The van der Waals surface area contributed by atoms with Gasteiger partial charge in [0, 0.05) is 17.1 Å². The van der Waals surface area contributed by atoms with Crippen LogP contribution in [0.25, 0.3) is 0 Å². The van der Waals surface area contributed by atoms with Crippen LogP contribution in [0.3, 0.4) is 0 Å². The van der Waals surface area contributed by atoms with Crippen molar-refractivity contribution in [3.8, 4) is 5.75 Å². The summed E-state index contributed by atoms with van der Waals surface area (Å²) in [4.78, 5) is 45.2. The molecule has 4 rings (SSSR count). The number of alkyl halides is 1. The van der Waals surface area contributed by atoms with Crippen molar-refractivity contribution in [3.05, 3.63) is 49.6 Å². The van der Waals surface area contributed by atoms with Crippen LogP contribution < -0.4 is 9.64 Å². The first-order valence-electron chi connectivity index (χ1n) is 13.8. The summed E-state index contributed by atoms with van der Waals surface area (Å²) in [6, 6.07) is 5.36. The maximum atomic E-state index is 14.6. The Hall–Kier alpha value is -2.69. The first kappa shape index (κ1) is 30.3. The van der Waals surface area contributed by atoms with Crippen LogP contribution in [0.15, 0.2) is 49.6 Å². The van der Waals surface area contributed by atoms with E-state index in [1.807, 2.05) is 13.8 Å². The van der Waals surface area contributed by atoms with E-state index in [2.05, 4.69) is 29.1 Å². The Kier molecular flexibility index (Phi) is 9.42. The van der Waals surface area contributed by atoms with Crippen LogP contribution in [0.5, 0.6) is 5.75 Å². The number of amides is 2. The Bertz CT molecular complexity index is 1130. The predicted octanol–water partition coefficient (Wildman–Crippen LogP) is 3.49. The minimum absolute atomic E-state index is 0.108. The molecule has 1 aromatic carbocycles. The number of methoxy groups -OCH3 is 1. The van der Waals surface area contributed by atoms with Gasteiger partial charge in [-0.05, 0) is 43.0 Å². The van der Waals surface area contributed by atoms with Gasteiger partial charge in [-0.3, -0.25) is 14.4 Å². The van der Waals surface area contributed by atoms with E-state index in [0.717, 1.165) is 0 Å². The number of carbonyl (C=O) groups excluding carboxylic acids is 3. The van der Waals surface area contributed by atoms with Gasteiger partial charge < -0.3 is 29.1 Å². The second-order valence-electron chi connectivity index (χ2n) is 10.7. The fourth-order valence-electron chi connectivity index (χ4n) is 6.49. The standard InChI is InChI=1S/C30H39BrN2O7/c1-6-9-15-39-29(37)23-24-27(35)33(22(17-34)18(4)8-3)26(30(24)16-21(31)25(23)40-30)28(36)32(14-7-2)19-10-12-20(38-5)13-11-19/h6-7,10-13,18,21-26,34H,1-2,8-9,14-17H2,3-5H3/t18-,21?,22-,23+,24-,25+,26?,30?/m0/s1. The van der Waals surface area contributed by atoms with Crippen molar-refractivity contribution in [1.82, 2.24) is 4.90 Å². The van der Waals surface area contributed by atoms with E-state index in [0.29, 0.717) is 30.7 Å². The van der Waals surface area contributed by atoms with Crippen LogP contribution in [0.2, 0.25) is 0 Å². The molecule has 0 radical (unpaired) electrons. The third-order valence-corrected chi connectivity index (χ3v) is 9.45. The van der Waals surface area contributed by atoms with Crippen molar-refractivity contribution >= 4 is 39.4 Å². The zero-order chi connectivity index (χ0) is 29.2. The Morgan fingerprint density at radius 3 is 2.58 bits per heavy atom. The highest BCUT2D eigenvalue weighted by atomic mass is 79.9. The van der Waals surface area contributed by atoms with Crippen LogP contribution in [0.1, 0.15) is 33.1 Å². The molecule has 0 saturated carbocycles. The number of benzene rings is 1. The molecule has 3 heterocycles. The SMILES string of the molecule is C=CCCOC(=O)[C@H]1[C@@H]2OC3(CC2Br)C(C(=O)N(CC=C)c2ccc(OC)cc2)N([C@@H](CO)[C@@H](C)CC)C(=O)[C@H]13. The topological polar surface area (TPSA) is 106 Å². The molecule has 40 heavy (non-hydrogen) atoms. The number of anilines is 1. The van der Waals surface area contributed by atoms with Crippen molar-refractivity contribution in [3.63, 3.8) is 0 Å². The normalized spacial score (nSPS) is 30.0. The molecule has 1 N–H and O–H groups in total. The smallest absolute Gasteiger partial charge is 0.312 e. The molecule has 3 aliphatic rings. The monoisotopic (exact) mass is 618 g/mol. The molecule has 0 aromatic heterocycles. The maximum Gasteiger partial charge on any atom is 0.312 e. The summed E-state index contributed by atoms with van der Waals surface area (Å²) in [5.41, 5.74) is -0.660. The zero-order valence-corrected chi connectivity index (χ0v) is 24.9. The highest BCUT2D eigenvalue weighted by molar-refractivity contribution is 9.09. The molecule has 2 bridgehead atoms. The highest BCUT2D eigenvalue weighted by Crippen LogP contribution is 2.61. The van der Waals surface area contributed by atoms with Gasteiger partial charge in [0.15, 0.2) is 0 Å². The first-order chi connectivity index (χ1) is 19.2. The van der Waals surface area contributed by atoms with E-state index in [-0.39, 0.29) is 42.3 Å². The summed E-state index contributed by atoms with van der Waals surface area (Å²) >= 11 is 3.68. The van der Waals surface area contributed by atoms with Gasteiger partial charge >= 0.3 is 5.97 Å². The molecule has 3 fully saturated rings. The summed E-state index contributed by atoms with van der Waals surface area (Å²) in [6.45, 7) is 11.4. The van der Waals surface area contributed by atoms with Crippen molar-refractivity contribution in [2.75, 3.05) is 31.8 Å². The van der Waals surface area contributed by atoms with Crippen molar-refractivity contribution in [2.45, 2.75) is 61.7 Å². The van der Waals surface area contributed by atoms with Crippen molar-refractivity contribution in [1.29, 1.82) is 0 Å². The lowest BCUT2D eigenvalue weighted by Gasteiger charge is -2.41. The molecule has 3 unspecified atom stereocenters. The van der Waals surface area contributed by atoms with Crippen LogP contribution in [-0.4, -0.2) is 83.3 Å². The Labute approximate surface area is 244 Å². The second kappa shape index (κ2) is 12.4. The number of likely N-dealkylation sites (tertiary alicyclic amines) is 1. The average Bonchev–Trinajstić information content (AvgIpc) is 3.55. The molecule has 3 saturated heterocycles. The molecule has 1 spiro atoms. The van der Waals surface area contributed by atoms with Crippen LogP contribution in [0.4, 0.5) is 5.69 Å². The van der Waals surface area contributed by atoms with Gasteiger partial charge in [0.25, 0.3) is 5.91 Å². The van der Waals surface area contributed by atoms with Gasteiger partial charge in [-0.2, -0.15) is 0 Å². The minimum Gasteiger partial charge on any atom is -0.497 e. The minimum atomic E-state index is -1.26. The van der Waals surface area contributed by atoms with Crippen LogP contribution >= 0.6 is 15.9 Å². The molecular formula is C30H39BrN2O7. The van der Waals surface area contributed by atoms with Gasteiger partial charge in [0.05, 0.1) is 44.3 Å². The lowest BCUT2D eigenvalue weighted by atomic mass is 9.70. The van der Waals surface area contributed by atoms with E-state index >= 15 is 0 Å². The second-order valence-corrected chi connectivity index (χ2v) is 11.9. The van der Waals surface area contributed by atoms with E-state index in [1.165, 1.54) is 4.90 Å². The summed E-state index contributed by atoms with van der Waals surface area (Å²) in [5.74, 6) is -2.49. The largest absolute Gasteiger partial charge is 0.497 e. The quantitative estimate of drug-likeness (QED) is 0.156. The van der Waals surface area contributed by atoms with Crippen molar-refractivity contribution in [2.24, 2.45) is 17.8 Å². The number of halogens is 1. The predicted molar refractivity (Wildman–Crippen MR) is 154 cm³/mol. The molecule has 8 atom stereocenters. The van der Waals surface area contributed by atoms with Gasteiger partial charge in [-0.15, -0.1) is 13.2 Å². The summed E-state index contributed by atoms with van der Waals surface area (Å²) < 4.78 is 17.4. The van der Waals surface area contributed by atoms with E-state index in [9.17, 15) is 19.5 Å². The highest BCUT2D eigenvalue weighted by Gasteiger charge is 2.77. The Morgan fingerprint density at radius 1 is 1.30 bits per heavy atom. The van der Waals surface area contributed by atoms with E-state index in [4.69, 9.17) is 14.2 Å². The van der Waals surface area contributed by atoms with Gasteiger partial charge in [-0.1, -0.05) is 48.4 Å².